The Bertz CT molecular complexity index is 1230. The largest absolute Gasteiger partial charge is 0.480 e. The smallest absolute Gasteiger partial charge is 0.344 e. The Morgan fingerprint density at radius 3 is 2.50 bits per heavy atom. The standard InChI is InChI=1S/C22H20Br3N3O4/c1-4-19-27-18-6-5-14(23)9-15(18)22(30)28(19)26-10-13-7-16(24)21(17(25)8-13)31-11-20(29)32-12(2)3/h5-10,12H,4,11H2,1-3H3. The van der Waals surface area contributed by atoms with Gasteiger partial charge in [-0.1, -0.05) is 22.9 Å². The summed E-state index contributed by atoms with van der Waals surface area (Å²) < 4.78 is 14.0. The van der Waals surface area contributed by atoms with Gasteiger partial charge in [-0.3, -0.25) is 4.79 Å². The molecule has 0 saturated heterocycles. The van der Waals surface area contributed by atoms with Crippen LogP contribution in [0.4, 0.5) is 0 Å². The number of nitrogens with zero attached hydrogens (tertiary/aromatic N) is 3. The first-order valence-electron chi connectivity index (χ1n) is 9.76. The lowest BCUT2D eigenvalue weighted by atomic mass is 10.2. The lowest BCUT2D eigenvalue weighted by molar-refractivity contribution is -0.149. The van der Waals surface area contributed by atoms with Gasteiger partial charge in [0.15, 0.2) is 6.61 Å². The van der Waals surface area contributed by atoms with Crippen LogP contribution in [0.2, 0.25) is 0 Å². The minimum atomic E-state index is -0.452. The molecule has 2 aromatic carbocycles. The Balaban J connectivity index is 1.90. The third kappa shape index (κ3) is 5.85. The summed E-state index contributed by atoms with van der Waals surface area (Å²) in [5.41, 5.74) is 1.10. The van der Waals surface area contributed by atoms with Crippen LogP contribution in [0.3, 0.4) is 0 Å². The Morgan fingerprint density at radius 2 is 1.88 bits per heavy atom. The molecule has 0 aliphatic carbocycles. The van der Waals surface area contributed by atoms with Crippen LogP contribution in [0.25, 0.3) is 10.9 Å². The molecule has 0 spiro atoms. The molecule has 1 aromatic heterocycles. The molecule has 0 unspecified atom stereocenters. The van der Waals surface area contributed by atoms with Crippen LogP contribution in [-0.4, -0.2) is 34.6 Å². The maximum absolute atomic E-state index is 13.0. The van der Waals surface area contributed by atoms with E-state index >= 15 is 0 Å². The van der Waals surface area contributed by atoms with E-state index in [9.17, 15) is 9.59 Å². The van der Waals surface area contributed by atoms with Gasteiger partial charge in [-0.25, -0.2) is 9.78 Å². The van der Waals surface area contributed by atoms with Crippen molar-refractivity contribution in [1.29, 1.82) is 0 Å². The quantitative estimate of drug-likeness (QED) is 0.256. The van der Waals surface area contributed by atoms with Gasteiger partial charge in [-0.15, -0.1) is 0 Å². The molecule has 168 valence electrons. The topological polar surface area (TPSA) is 82.8 Å². The summed E-state index contributed by atoms with van der Waals surface area (Å²) in [4.78, 5) is 29.3. The first kappa shape index (κ1) is 24.6. The molecule has 0 amide bonds. The van der Waals surface area contributed by atoms with Crippen LogP contribution in [0.15, 0.2) is 53.6 Å². The summed E-state index contributed by atoms with van der Waals surface area (Å²) in [6, 6.07) is 8.94. The van der Waals surface area contributed by atoms with E-state index in [-0.39, 0.29) is 18.3 Å². The van der Waals surface area contributed by atoms with Crippen molar-refractivity contribution < 1.29 is 14.3 Å². The van der Waals surface area contributed by atoms with Gasteiger partial charge in [0, 0.05) is 10.9 Å². The lowest BCUT2D eigenvalue weighted by Gasteiger charge is -2.12. The molecule has 1 heterocycles. The van der Waals surface area contributed by atoms with Crippen molar-refractivity contribution in [1.82, 2.24) is 9.66 Å². The van der Waals surface area contributed by atoms with Crippen molar-refractivity contribution in [2.24, 2.45) is 5.10 Å². The van der Waals surface area contributed by atoms with E-state index in [4.69, 9.17) is 9.47 Å². The van der Waals surface area contributed by atoms with Gasteiger partial charge in [-0.2, -0.15) is 9.78 Å². The average molecular weight is 630 g/mol. The van der Waals surface area contributed by atoms with Gasteiger partial charge < -0.3 is 9.47 Å². The number of esters is 1. The fourth-order valence-electron chi connectivity index (χ4n) is 2.89. The Morgan fingerprint density at radius 1 is 1.19 bits per heavy atom. The van der Waals surface area contributed by atoms with Gasteiger partial charge in [0.25, 0.3) is 5.56 Å². The zero-order valence-corrected chi connectivity index (χ0v) is 22.3. The number of ether oxygens (including phenoxy) is 2. The fraction of sp³-hybridized carbons (Fsp3) is 0.273. The van der Waals surface area contributed by atoms with E-state index in [2.05, 4.69) is 57.9 Å². The van der Waals surface area contributed by atoms with E-state index in [0.29, 0.717) is 43.4 Å². The van der Waals surface area contributed by atoms with Crippen molar-refractivity contribution in [2.75, 3.05) is 6.61 Å². The summed E-state index contributed by atoms with van der Waals surface area (Å²) in [6.45, 7) is 5.26. The summed E-state index contributed by atoms with van der Waals surface area (Å²) in [5, 5.41) is 4.87. The molecule has 7 nitrogen and oxygen atoms in total. The molecule has 3 aromatic rings. The van der Waals surface area contributed by atoms with Gasteiger partial charge >= 0.3 is 5.97 Å². The Labute approximate surface area is 210 Å². The number of fused-ring (bicyclic) bond motifs is 1. The second kappa shape index (κ2) is 10.7. The summed E-state index contributed by atoms with van der Waals surface area (Å²) in [7, 11) is 0. The third-order valence-electron chi connectivity index (χ3n) is 4.24. The molecule has 0 fully saturated rings. The molecule has 3 rings (SSSR count). The minimum Gasteiger partial charge on any atom is -0.480 e. The average Bonchev–Trinajstić information content (AvgIpc) is 2.72. The summed E-state index contributed by atoms with van der Waals surface area (Å²) in [5.74, 6) is 0.570. The van der Waals surface area contributed by atoms with Crippen molar-refractivity contribution in [3.8, 4) is 5.75 Å². The van der Waals surface area contributed by atoms with Crippen LogP contribution in [-0.2, 0) is 16.0 Å². The highest BCUT2D eigenvalue weighted by Crippen LogP contribution is 2.34. The number of rotatable bonds is 7. The number of aryl methyl sites for hydroxylation is 1. The van der Waals surface area contributed by atoms with Gasteiger partial charge in [0.2, 0.25) is 0 Å². The van der Waals surface area contributed by atoms with E-state index in [0.717, 1.165) is 4.47 Å². The number of carbonyl (C=O) groups excluding carboxylic acids is 1. The monoisotopic (exact) mass is 627 g/mol. The first-order chi connectivity index (χ1) is 15.2. The number of aromatic nitrogens is 2. The molecule has 10 heteroatoms. The van der Waals surface area contributed by atoms with E-state index in [1.54, 1.807) is 44.3 Å². The SMILES string of the molecule is CCc1nc2ccc(Br)cc2c(=O)n1N=Cc1cc(Br)c(OCC(=O)OC(C)C)c(Br)c1. The van der Waals surface area contributed by atoms with Crippen molar-refractivity contribution >= 4 is 70.9 Å². The van der Waals surface area contributed by atoms with Crippen LogP contribution >= 0.6 is 47.8 Å². The predicted octanol–water partition coefficient (Wildman–Crippen LogP) is 5.46. The molecule has 0 aliphatic rings. The third-order valence-corrected chi connectivity index (χ3v) is 5.91. The normalized spacial score (nSPS) is 11.5. The van der Waals surface area contributed by atoms with E-state index < -0.39 is 5.97 Å². The molecule has 0 N–H and O–H groups in total. The maximum atomic E-state index is 13.0. The summed E-state index contributed by atoms with van der Waals surface area (Å²) in [6.07, 6.45) is 1.91. The van der Waals surface area contributed by atoms with Crippen LogP contribution in [0.1, 0.15) is 32.2 Å². The van der Waals surface area contributed by atoms with Gasteiger partial charge in [0.1, 0.15) is 11.6 Å². The Kier molecular flexibility index (Phi) is 8.24. The van der Waals surface area contributed by atoms with E-state index in [1.807, 2.05) is 13.0 Å². The number of benzene rings is 2. The van der Waals surface area contributed by atoms with Crippen molar-refractivity contribution in [3.63, 3.8) is 0 Å². The predicted molar refractivity (Wildman–Crippen MR) is 135 cm³/mol. The zero-order chi connectivity index (χ0) is 23.4. The highest BCUT2D eigenvalue weighted by atomic mass is 79.9. The number of hydrogen-bond donors (Lipinski definition) is 0. The molecule has 0 aliphatic heterocycles. The van der Waals surface area contributed by atoms with Crippen molar-refractivity contribution in [2.45, 2.75) is 33.3 Å². The number of halogens is 3. The number of carbonyl (C=O) groups is 1. The highest BCUT2D eigenvalue weighted by molar-refractivity contribution is 9.11. The van der Waals surface area contributed by atoms with Crippen molar-refractivity contribution in [3.05, 3.63) is 65.5 Å². The zero-order valence-electron chi connectivity index (χ0n) is 17.6. The number of hydrogen-bond acceptors (Lipinski definition) is 6. The first-order valence-corrected chi connectivity index (χ1v) is 12.1. The molecule has 32 heavy (non-hydrogen) atoms. The fourth-order valence-corrected chi connectivity index (χ4v) is 4.70. The highest BCUT2D eigenvalue weighted by Gasteiger charge is 2.13. The molecular formula is C22H20Br3N3O4. The summed E-state index contributed by atoms with van der Waals surface area (Å²) >= 11 is 10.3. The second-order valence-corrected chi connectivity index (χ2v) is 9.67. The molecule has 0 bridgehead atoms. The van der Waals surface area contributed by atoms with Crippen LogP contribution < -0.4 is 10.3 Å². The molecular weight excluding hydrogens is 610 g/mol. The maximum Gasteiger partial charge on any atom is 0.344 e. The van der Waals surface area contributed by atoms with Gasteiger partial charge in [-0.05, 0) is 81.6 Å². The van der Waals surface area contributed by atoms with E-state index in [1.165, 1.54) is 4.68 Å². The second-order valence-electron chi connectivity index (χ2n) is 7.05. The molecule has 0 saturated carbocycles. The minimum absolute atomic E-state index is 0.210. The lowest BCUT2D eigenvalue weighted by Crippen LogP contribution is -2.22. The van der Waals surface area contributed by atoms with Crippen LogP contribution in [0.5, 0.6) is 5.75 Å². The van der Waals surface area contributed by atoms with Crippen LogP contribution in [0, 0.1) is 0 Å². The molecule has 0 atom stereocenters. The Hall–Kier alpha value is -2.04. The molecule has 0 radical (unpaired) electrons. The van der Waals surface area contributed by atoms with Gasteiger partial charge in [0.05, 0.1) is 32.2 Å².